The maximum absolute atomic E-state index is 5.28. The fraction of sp³-hybridized carbons (Fsp3) is 0.542. The molecule has 2 fully saturated rings. The Hall–Kier alpha value is -1.52. The molecular formula is C24H36IN5OS. The quantitative estimate of drug-likeness (QED) is 0.324. The Morgan fingerprint density at radius 1 is 1.12 bits per heavy atom. The number of nitrogens with zero attached hydrogens (tertiary/aromatic N) is 4. The first-order valence-corrected chi connectivity index (χ1v) is 12.2. The number of ether oxygens (including phenoxy) is 1. The first-order chi connectivity index (χ1) is 15.2. The molecule has 1 aromatic carbocycles. The SMILES string of the molecule is CN=C(NCC1CCCN(Cc2cccs2)C1)N1CCN(c2ccc(OC)cc2)CC1.I. The minimum absolute atomic E-state index is 0. The van der Waals surface area contributed by atoms with Gasteiger partial charge in [-0.3, -0.25) is 9.89 Å². The first kappa shape index (κ1) is 25.1. The first-order valence-electron chi connectivity index (χ1n) is 11.3. The number of guanidine groups is 1. The van der Waals surface area contributed by atoms with Crippen LogP contribution < -0.4 is 15.0 Å². The summed E-state index contributed by atoms with van der Waals surface area (Å²) in [6, 6.07) is 12.8. The Kier molecular flexibility index (Phi) is 9.92. The van der Waals surface area contributed by atoms with Gasteiger partial charge in [0.1, 0.15) is 5.75 Å². The minimum atomic E-state index is 0. The molecule has 8 heteroatoms. The number of anilines is 1. The van der Waals surface area contributed by atoms with Crippen molar-refractivity contribution in [2.24, 2.45) is 10.9 Å². The van der Waals surface area contributed by atoms with E-state index in [4.69, 9.17) is 4.74 Å². The Balaban J connectivity index is 0.00000289. The molecule has 32 heavy (non-hydrogen) atoms. The predicted molar refractivity (Wildman–Crippen MR) is 146 cm³/mol. The molecule has 6 nitrogen and oxygen atoms in total. The van der Waals surface area contributed by atoms with Crippen molar-refractivity contribution in [1.29, 1.82) is 0 Å². The Morgan fingerprint density at radius 2 is 1.91 bits per heavy atom. The number of methoxy groups -OCH3 is 1. The fourth-order valence-electron chi connectivity index (χ4n) is 4.62. The molecule has 0 spiro atoms. The van der Waals surface area contributed by atoms with Crippen LogP contribution in [0.1, 0.15) is 17.7 Å². The third-order valence-corrected chi connectivity index (χ3v) is 7.20. The largest absolute Gasteiger partial charge is 0.497 e. The standard InChI is InChI=1S/C24H35N5OS.HI/c1-25-24(26-17-20-5-3-11-27(18-20)19-23-6-4-16-31-23)29-14-12-28(13-15-29)21-7-9-22(30-2)10-8-21;/h4,6-10,16,20H,3,5,11-15,17-19H2,1-2H3,(H,25,26);1H. The normalized spacial score (nSPS) is 20.1. The second-order valence-corrected chi connectivity index (χ2v) is 9.46. The van der Waals surface area contributed by atoms with E-state index in [1.165, 1.54) is 36.5 Å². The number of benzene rings is 1. The number of aliphatic imine (C=N–C) groups is 1. The van der Waals surface area contributed by atoms with Gasteiger partial charge in [-0.1, -0.05) is 6.07 Å². The Bertz CT molecular complexity index is 821. The van der Waals surface area contributed by atoms with Crippen LogP contribution in [0, 0.1) is 5.92 Å². The number of hydrogen-bond acceptors (Lipinski definition) is 5. The van der Waals surface area contributed by atoms with Crippen molar-refractivity contribution < 1.29 is 4.74 Å². The van der Waals surface area contributed by atoms with Crippen LogP contribution in [0.15, 0.2) is 46.8 Å². The van der Waals surface area contributed by atoms with E-state index in [0.717, 1.165) is 51.0 Å². The molecule has 1 unspecified atom stereocenters. The van der Waals surface area contributed by atoms with E-state index in [9.17, 15) is 0 Å². The molecule has 2 saturated heterocycles. The molecule has 0 bridgehead atoms. The summed E-state index contributed by atoms with van der Waals surface area (Å²) >= 11 is 1.87. The highest BCUT2D eigenvalue weighted by Gasteiger charge is 2.23. The summed E-state index contributed by atoms with van der Waals surface area (Å²) in [4.78, 5) is 13.5. The molecule has 1 aromatic heterocycles. The van der Waals surface area contributed by atoms with Gasteiger partial charge in [-0.15, -0.1) is 35.3 Å². The van der Waals surface area contributed by atoms with Crippen LogP contribution >= 0.6 is 35.3 Å². The van der Waals surface area contributed by atoms with Gasteiger partial charge in [0.05, 0.1) is 7.11 Å². The highest BCUT2D eigenvalue weighted by molar-refractivity contribution is 14.0. The molecule has 2 aliphatic heterocycles. The highest BCUT2D eigenvalue weighted by atomic mass is 127. The monoisotopic (exact) mass is 569 g/mol. The van der Waals surface area contributed by atoms with Gasteiger partial charge in [0.2, 0.25) is 0 Å². The third kappa shape index (κ3) is 6.74. The number of piperazine rings is 1. The number of piperidine rings is 1. The van der Waals surface area contributed by atoms with Gasteiger partial charge in [0.15, 0.2) is 5.96 Å². The van der Waals surface area contributed by atoms with Crippen LogP contribution in [-0.2, 0) is 6.54 Å². The number of halogens is 1. The van der Waals surface area contributed by atoms with Crippen LogP contribution in [0.3, 0.4) is 0 Å². The number of hydrogen-bond donors (Lipinski definition) is 1. The highest BCUT2D eigenvalue weighted by Crippen LogP contribution is 2.22. The molecule has 176 valence electrons. The van der Waals surface area contributed by atoms with Crippen LogP contribution in [0.25, 0.3) is 0 Å². The lowest BCUT2D eigenvalue weighted by molar-refractivity contribution is 0.169. The number of thiophene rings is 1. The molecule has 2 aromatic rings. The van der Waals surface area contributed by atoms with Crippen LogP contribution in [0.4, 0.5) is 5.69 Å². The van der Waals surface area contributed by atoms with E-state index in [0.29, 0.717) is 5.92 Å². The number of nitrogens with one attached hydrogen (secondary N) is 1. The smallest absolute Gasteiger partial charge is 0.193 e. The molecule has 1 atom stereocenters. The fourth-order valence-corrected chi connectivity index (χ4v) is 5.37. The molecule has 2 aliphatic rings. The second kappa shape index (κ2) is 12.6. The molecule has 0 amide bonds. The van der Waals surface area contributed by atoms with Gasteiger partial charge in [-0.2, -0.15) is 0 Å². The number of rotatable bonds is 6. The van der Waals surface area contributed by atoms with Crippen LogP contribution in [-0.4, -0.2) is 75.7 Å². The summed E-state index contributed by atoms with van der Waals surface area (Å²) in [5.41, 5.74) is 1.26. The van der Waals surface area contributed by atoms with E-state index in [1.807, 2.05) is 30.5 Å². The van der Waals surface area contributed by atoms with Gasteiger partial charge >= 0.3 is 0 Å². The lowest BCUT2D eigenvalue weighted by Gasteiger charge is -2.38. The minimum Gasteiger partial charge on any atom is -0.497 e. The lowest BCUT2D eigenvalue weighted by atomic mass is 9.98. The van der Waals surface area contributed by atoms with Crippen molar-refractivity contribution >= 4 is 47.0 Å². The summed E-state index contributed by atoms with van der Waals surface area (Å²) in [6.07, 6.45) is 2.59. The Morgan fingerprint density at radius 3 is 2.56 bits per heavy atom. The molecule has 4 rings (SSSR count). The van der Waals surface area contributed by atoms with E-state index in [1.54, 1.807) is 7.11 Å². The Labute approximate surface area is 213 Å². The van der Waals surface area contributed by atoms with Gasteiger partial charge < -0.3 is 19.9 Å². The molecule has 0 saturated carbocycles. The molecule has 3 heterocycles. The summed E-state index contributed by atoms with van der Waals surface area (Å²) < 4.78 is 5.28. The average Bonchev–Trinajstić information content (AvgIpc) is 3.33. The predicted octanol–water partition coefficient (Wildman–Crippen LogP) is 3.98. The molecular weight excluding hydrogens is 533 g/mol. The molecule has 0 aliphatic carbocycles. The molecule has 0 radical (unpaired) electrons. The van der Waals surface area contributed by atoms with Crippen molar-refractivity contribution in [2.75, 3.05) is 64.9 Å². The van der Waals surface area contributed by atoms with Gasteiger partial charge in [-0.25, -0.2) is 0 Å². The average molecular weight is 570 g/mol. The lowest BCUT2D eigenvalue weighted by Crippen LogP contribution is -2.53. The summed E-state index contributed by atoms with van der Waals surface area (Å²) in [7, 11) is 3.61. The maximum Gasteiger partial charge on any atom is 0.193 e. The topological polar surface area (TPSA) is 43.3 Å². The zero-order valence-electron chi connectivity index (χ0n) is 19.2. The van der Waals surface area contributed by atoms with Crippen molar-refractivity contribution in [1.82, 2.24) is 15.1 Å². The van der Waals surface area contributed by atoms with Crippen LogP contribution in [0.2, 0.25) is 0 Å². The van der Waals surface area contributed by atoms with Crippen molar-refractivity contribution in [3.05, 3.63) is 46.7 Å². The van der Waals surface area contributed by atoms with Crippen molar-refractivity contribution in [3.8, 4) is 5.75 Å². The maximum atomic E-state index is 5.28. The molecule has 1 N–H and O–H groups in total. The van der Waals surface area contributed by atoms with E-state index < -0.39 is 0 Å². The summed E-state index contributed by atoms with van der Waals surface area (Å²) in [5.74, 6) is 2.64. The summed E-state index contributed by atoms with van der Waals surface area (Å²) in [5, 5.41) is 5.85. The van der Waals surface area contributed by atoms with Gasteiger partial charge in [0, 0.05) is 63.4 Å². The summed E-state index contributed by atoms with van der Waals surface area (Å²) in [6.45, 7) is 8.48. The van der Waals surface area contributed by atoms with E-state index in [-0.39, 0.29) is 24.0 Å². The number of likely N-dealkylation sites (tertiary alicyclic amines) is 1. The van der Waals surface area contributed by atoms with Crippen LogP contribution in [0.5, 0.6) is 5.75 Å². The second-order valence-electron chi connectivity index (χ2n) is 8.42. The van der Waals surface area contributed by atoms with Gasteiger partial charge in [-0.05, 0) is 61.0 Å². The zero-order chi connectivity index (χ0) is 21.5. The van der Waals surface area contributed by atoms with E-state index >= 15 is 0 Å². The van der Waals surface area contributed by atoms with Crippen molar-refractivity contribution in [3.63, 3.8) is 0 Å². The van der Waals surface area contributed by atoms with Gasteiger partial charge in [0.25, 0.3) is 0 Å². The zero-order valence-corrected chi connectivity index (χ0v) is 22.4. The van der Waals surface area contributed by atoms with Crippen molar-refractivity contribution in [2.45, 2.75) is 19.4 Å². The third-order valence-electron chi connectivity index (χ3n) is 6.34. The van der Waals surface area contributed by atoms with E-state index in [2.05, 4.69) is 54.7 Å².